The second-order valence-electron chi connectivity index (χ2n) is 4.25. The number of carboxylic acids is 1. The van der Waals surface area contributed by atoms with Gasteiger partial charge in [0.2, 0.25) is 11.8 Å². The molecule has 6 nitrogen and oxygen atoms in total. The Kier molecular flexibility index (Phi) is 8.19. The van der Waals surface area contributed by atoms with Crippen LogP contribution in [0.1, 0.15) is 20.3 Å². The van der Waals surface area contributed by atoms with Crippen molar-refractivity contribution in [3.63, 3.8) is 0 Å². The van der Waals surface area contributed by atoms with Crippen molar-refractivity contribution in [3.8, 4) is 0 Å². The Balaban J connectivity index is 4.18. The standard InChI is InChI=1S/C11H20N2O4S/c1-7(2)4-8(11(17)12-3)13-9(14)5-18-6-10(15)16/h7-8H,4-6H2,1-3H3,(H,12,17)(H,13,14)(H,15,16). The van der Waals surface area contributed by atoms with Crippen LogP contribution in [0.15, 0.2) is 0 Å². The highest BCUT2D eigenvalue weighted by Gasteiger charge is 2.20. The minimum atomic E-state index is -0.960. The normalized spacial score (nSPS) is 12.0. The molecule has 0 fully saturated rings. The molecule has 18 heavy (non-hydrogen) atoms. The third kappa shape index (κ3) is 7.94. The molecule has 0 heterocycles. The van der Waals surface area contributed by atoms with Crippen LogP contribution in [0, 0.1) is 5.92 Å². The molecule has 2 amide bonds. The van der Waals surface area contributed by atoms with Gasteiger partial charge in [0, 0.05) is 7.05 Å². The third-order valence-corrected chi connectivity index (χ3v) is 2.98. The highest BCUT2D eigenvalue weighted by molar-refractivity contribution is 8.00. The van der Waals surface area contributed by atoms with E-state index in [9.17, 15) is 14.4 Å². The van der Waals surface area contributed by atoms with Gasteiger partial charge in [0.1, 0.15) is 6.04 Å². The smallest absolute Gasteiger partial charge is 0.313 e. The van der Waals surface area contributed by atoms with Crippen molar-refractivity contribution < 1.29 is 19.5 Å². The fourth-order valence-electron chi connectivity index (χ4n) is 1.34. The van der Waals surface area contributed by atoms with Crippen LogP contribution >= 0.6 is 11.8 Å². The summed E-state index contributed by atoms with van der Waals surface area (Å²) in [6, 6.07) is -0.562. The number of likely N-dealkylation sites (N-methyl/N-ethyl adjacent to an activating group) is 1. The lowest BCUT2D eigenvalue weighted by Gasteiger charge is -2.18. The van der Waals surface area contributed by atoms with E-state index in [2.05, 4.69) is 10.6 Å². The number of hydrogen-bond acceptors (Lipinski definition) is 4. The number of thioether (sulfide) groups is 1. The number of carbonyl (C=O) groups excluding carboxylic acids is 2. The lowest BCUT2D eigenvalue weighted by atomic mass is 10.0. The summed E-state index contributed by atoms with van der Waals surface area (Å²) in [5.74, 6) is -1.33. The molecule has 0 bridgehead atoms. The number of rotatable bonds is 8. The van der Waals surface area contributed by atoms with Gasteiger partial charge in [0.15, 0.2) is 0 Å². The second-order valence-corrected chi connectivity index (χ2v) is 5.24. The number of nitrogens with one attached hydrogen (secondary N) is 2. The summed E-state index contributed by atoms with van der Waals surface area (Å²) in [6.07, 6.45) is 0.551. The van der Waals surface area contributed by atoms with Gasteiger partial charge in [-0.1, -0.05) is 13.8 Å². The van der Waals surface area contributed by atoms with Gasteiger partial charge < -0.3 is 15.7 Å². The fourth-order valence-corrected chi connectivity index (χ4v) is 1.89. The SMILES string of the molecule is CNC(=O)C(CC(C)C)NC(=O)CSCC(=O)O. The van der Waals surface area contributed by atoms with E-state index >= 15 is 0 Å². The van der Waals surface area contributed by atoms with Crippen molar-refractivity contribution in [2.45, 2.75) is 26.3 Å². The van der Waals surface area contributed by atoms with E-state index < -0.39 is 12.0 Å². The van der Waals surface area contributed by atoms with Crippen molar-refractivity contribution in [2.24, 2.45) is 5.92 Å². The van der Waals surface area contributed by atoms with Crippen molar-refractivity contribution in [2.75, 3.05) is 18.6 Å². The quantitative estimate of drug-likeness (QED) is 0.583. The minimum Gasteiger partial charge on any atom is -0.481 e. The van der Waals surface area contributed by atoms with Crippen LogP contribution in [-0.4, -0.2) is 47.5 Å². The molecule has 104 valence electrons. The van der Waals surface area contributed by atoms with Gasteiger partial charge in [0.25, 0.3) is 0 Å². The van der Waals surface area contributed by atoms with Gasteiger partial charge in [-0.15, -0.1) is 11.8 Å². The van der Waals surface area contributed by atoms with E-state index in [1.54, 1.807) is 0 Å². The van der Waals surface area contributed by atoms with Gasteiger partial charge in [0.05, 0.1) is 11.5 Å². The molecule has 0 aliphatic carbocycles. The summed E-state index contributed by atoms with van der Waals surface area (Å²) < 4.78 is 0. The lowest BCUT2D eigenvalue weighted by Crippen LogP contribution is -2.47. The van der Waals surface area contributed by atoms with Gasteiger partial charge in [-0.2, -0.15) is 0 Å². The Labute approximate surface area is 111 Å². The van der Waals surface area contributed by atoms with Crippen molar-refractivity contribution in [3.05, 3.63) is 0 Å². The molecule has 0 aromatic carbocycles. The van der Waals surface area contributed by atoms with E-state index in [0.717, 1.165) is 11.8 Å². The summed E-state index contributed by atoms with van der Waals surface area (Å²) in [7, 11) is 1.51. The molecule has 3 N–H and O–H groups in total. The summed E-state index contributed by atoms with van der Waals surface area (Å²) >= 11 is 1.01. The highest BCUT2D eigenvalue weighted by Crippen LogP contribution is 2.06. The average Bonchev–Trinajstić information content (AvgIpc) is 2.25. The third-order valence-electron chi connectivity index (χ3n) is 2.06. The average molecular weight is 276 g/mol. The summed E-state index contributed by atoms with van der Waals surface area (Å²) in [4.78, 5) is 33.4. The van der Waals surface area contributed by atoms with Crippen LogP contribution in [-0.2, 0) is 14.4 Å². The Morgan fingerprint density at radius 3 is 2.28 bits per heavy atom. The van der Waals surface area contributed by atoms with Gasteiger partial charge >= 0.3 is 5.97 Å². The molecule has 0 aliphatic rings. The zero-order valence-electron chi connectivity index (χ0n) is 10.9. The number of amides is 2. The first-order chi connectivity index (χ1) is 8.36. The molecular weight excluding hydrogens is 256 g/mol. The van der Waals surface area contributed by atoms with E-state index in [0.29, 0.717) is 6.42 Å². The van der Waals surface area contributed by atoms with Crippen LogP contribution in [0.2, 0.25) is 0 Å². The number of carbonyl (C=O) groups is 3. The zero-order chi connectivity index (χ0) is 14.1. The summed E-state index contributed by atoms with van der Waals surface area (Å²) in [6.45, 7) is 3.92. The molecule has 0 rings (SSSR count). The fraction of sp³-hybridized carbons (Fsp3) is 0.727. The van der Waals surface area contributed by atoms with Crippen LogP contribution in [0.25, 0.3) is 0 Å². The van der Waals surface area contributed by atoms with E-state index in [4.69, 9.17) is 5.11 Å². The molecule has 0 aromatic heterocycles. The van der Waals surface area contributed by atoms with E-state index in [1.165, 1.54) is 7.05 Å². The van der Waals surface area contributed by atoms with Gasteiger partial charge in [-0.05, 0) is 12.3 Å². The Hall–Kier alpha value is -1.24. The van der Waals surface area contributed by atoms with Crippen molar-refractivity contribution >= 4 is 29.5 Å². The monoisotopic (exact) mass is 276 g/mol. The number of aliphatic carboxylic acids is 1. The van der Waals surface area contributed by atoms with Crippen LogP contribution < -0.4 is 10.6 Å². The van der Waals surface area contributed by atoms with Crippen molar-refractivity contribution in [1.82, 2.24) is 10.6 Å². The first-order valence-electron chi connectivity index (χ1n) is 5.67. The zero-order valence-corrected chi connectivity index (χ0v) is 11.7. The molecular formula is C11H20N2O4S. The highest BCUT2D eigenvalue weighted by atomic mass is 32.2. The Morgan fingerprint density at radius 2 is 1.83 bits per heavy atom. The Bertz CT molecular complexity index is 307. The molecule has 0 aliphatic heterocycles. The largest absolute Gasteiger partial charge is 0.481 e. The molecule has 0 spiro atoms. The second kappa shape index (κ2) is 8.79. The molecule has 7 heteroatoms. The van der Waals surface area contributed by atoms with Gasteiger partial charge in [-0.3, -0.25) is 14.4 Å². The topological polar surface area (TPSA) is 95.5 Å². The van der Waals surface area contributed by atoms with Crippen LogP contribution in [0.3, 0.4) is 0 Å². The number of carboxylic acid groups (broad SMARTS) is 1. The van der Waals surface area contributed by atoms with Gasteiger partial charge in [-0.25, -0.2) is 0 Å². The molecule has 0 saturated heterocycles. The molecule has 1 atom stereocenters. The first kappa shape index (κ1) is 16.8. The van der Waals surface area contributed by atoms with Crippen molar-refractivity contribution in [1.29, 1.82) is 0 Å². The maximum atomic E-state index is 11.5. The minimum absolute atomic E-state index is 0.0396. The maximum absolute atomic E-state index is 11.5. The maximum Gasteiger partial charge on any atom is 0.313 e. The lowest BCUT2D eigenvalue weighted by molar-refractivity contribution is -0.134. The van der Waals surface area contributed by atoms with Crippen LogP contribution in [0.4, 0.5) is 0 Å². The molecule has 0 aromatic rings. The van der Waals surface area contributed by atoms with E-state index in [-0.39, 0.29) is 29.2 Å². The molecule has 0 radical (unpaired) electrons. The Morgan fingerprint density at radius 1 is 1.22 bits per heavy atom. The molecule has 1 unspecified atom stereocenters. The number of hydrogen-bond donors (Lipinski definition) is 3. The predicted molar refractivity (Wildman–Crippen MR) is 70.4 cm³/mol. The molecule has 0 saturated carbocycles. The van der Waals surface area contributed by atoms with E-state index in [1.807, 2.05) is 13.8 Å². The predicted octanol–water partition coefficient (Wildman–Crippen LogP) is 0.0811. The summed E-state index contributed by atoms with van der Waals surface area (Å²) in [5.41, 5.74) is 0. The van der Waals surface area contributed by atoms with Crippen LogP contribution in [0.5, 0.6) is 0 Å². The summed E-state index contributed by atoms with van der Waals surface area (Å²) in [5, 5.41) is 13.5. The first-order valence-corrected chi connectivity index (χ1v) is 6.82.